The highest BCUT2D eigenvalue weighted by molar-refractivity contribution is 5.34. The number of methoxy groups -OCH3 is 1. The summed E-state index contributed by atoms with van der Waals surface area (Å²) in [4.78, 5) is 0. The van der Waals surface area contributed by atoms with Crippen molar-refractivity contribution < 1.29 is 4.74 Å². The third kappa shape index (κ3) is 2.45. The van der Waals surface area contributed by atoms with Gasteiger partial charge in [-0.05, 0) is 30.4 Å². The fourth-order valence-electron chi connectivity index (χ4n) is 2.50. The van der Waals surface area contributed by atoms with E-state index in [0.717, 1.165) is 13.0 Å². The minimum absolute atomic E-state index is 0.473. The van der Waals surface area contributed by atoms with Crippen molar-refractivity contribution in [3.63, 3.8) is 0 Å². The van der Waals surface area contributed by atoms with Gasteiger partial charge in [-0.1, -0.05) is 31.2 Å². The van der Waals surface area contributed by atoms with E-state index < -0.39 is 0 Å². The molecule has 0 spiro atoms. The SMILES string of the molecule is CCC(COC)NC1CCc2ccccc21. The van der Waals surface area contributed by atoms with Crippen LogP contribution in [0.1, 0.15) is 36.9 Å². The highest BCUT2D eigenvalue weighted by Crippen LogP contribution is 2.31. The van der Waals surface area contributed by atoms with Crippen LogP contribution < -0.4 is 5.32 Å². The van der Waals surface area contributed by atoms with E-state index in [2.05, 4.69) is 36.5 Å². The Kier molecular flexibility index (Phi) is 3.97. The Balaban J connectivity index is 2.02. The Morgan fingerprint density at radius 1 is 1.44 bits per heavy atom. The quantitative estimate of drug-likeness (QED) is 0.822. The molecule has 0 radical (unpaired) electrons. The average molecular weight is 219 g/mol. The fraction of sp³-hybridized carbons (Fsp3) is 0.571. The number of fused-ring (bicyclic) bond motifs is 1. The Morgan fingerprint density at radius 2 is 2.25 bits per heavy atom. The van der Waals surface area contributed by atoms with Crippen LogP contribution >= 0.6 is 0 Å². The Bertz CT molecular complexity index is 337. The maximum Gasteiger partial charge on any atom is 0.0615 e. The maximum absolute atomic E-state index is 5.23. The third-order valence-corrected chi connectivity index (χ3v) is 3.43. The van der Waals surface area contributed by atoms with Crippen molar-refractivity contribution in [2.75, 3.05) is 13.7 Å². The molecule has 2 nitrogen and oxygen atoms in total. The summed E-state index contributed by atoms with van der Waals surface area (Å²) in [5.74, 6) is 0. The van der Waals surface area contributed by atoms with E-state index in [1.165, 1.54) is 24.0 Å². The van der Waals surface area contributed by atoms with Crippen LogP contribution in [0.3, 0.4) is 0 Å². The number of benzene rings is 1. The fourth-order valence-corrected chi connectivity index (χ4v) is 2.50. The minimum atomic E-state index is 0.473. The summed E-state index contributed by atoms with van der Waals surface area (Å²) in [7, 11) is 1.77. The Morgan fingerprint density at radius 3 is 3.00 bits per heavy atom. The summed E-state index contributed by atoms with van der Waals surface area (Å²) in [6.45, 7) is 3.01. The number of hydrogen-bond acceptors (Lipinski definition) is 2. The van der Waals surface area contributed by atoms with Crippen molar-refractivity contribution in [2.45, 2.75) is 38.3 Å². The van der Waals surface area contributed by atoms with Crippen molar-refractivity contribution >= 4 is 0 Å². The van der Waals surface area contributed by atoms with Gasteiger partial charge in [0.25, 0.3) is 0 Å². The second-order valence-electron chi connectivity index (χ2n) is 4.52. The van der Waals surface area contributed by atoms with Crippen molar-refractivity contribution in [2.24, 2.45) is 0 Å². The average Bonchev–Trinajstić information content (AvgIpc) is 2.72. The zero-order chi connectivity index (χ0) is 11.4. The minimum Gasteiger partial charge on any atom is -0.383 e. The number of ether oxygens (including phenoxy) is 1. The predicted octanol–water partition coefficient (Wildman–Crippen LogP) is 2.69. The van der Waals surface area contributed by atoms with Crippen LogP contribution in [-0.2, 0) is 11.2 Å². The summed E-state index contributed by atoms with van der Waals surface area (Å²) in [6, 6.07) is 9.76. The largest absolute Gasteiger partial charge is 0.383 e. The molecular weight excluding hydrogens is 198 g/mol. The number of nitrogens with one attached hydrogen (secondary N) is 1. The van der Waals surface area contributed by atoms with Gasteiger partial charge in [-0.3, -0.25) is 0 Å². The molecule has 2 heteroatoms. The second kappa shape index (κ2) is 5.46. The van der Waals surface area contributed by atoms with Gasteiger partial charge in [-0.25, -0.2) is 0 Å². The lowest BCUT2D eigenvalue weighted by molar-refractivity contribution is 0.158. The Hall–Kier alpha value is -0.860. The van der Waals surface area contributed by atoms with Crippen LogP contribution in [0.25, 0.3) is 0 Å². The van der Waals surface area contributed by atoms with Gasteiger partial charge in [0.1, 0.15) is 0 Å². The molecule has 0 saturated carbocycles. The predicted molar refractivity (Wildman–Crippen MR) is 66.6 cm³/mol. The van der Waals surface area contributed by atoms with E-state index in [1.54, 1.807) is 7.11 Å². The normalized spacial score (nSPS) is 20.8. The van der Waals surface area contributed by atoms with Crippen molar-refractivity contribution in [1.82, 2.24) is 5.32 Å². The van der Waals surface area contributed by atoms with Gasteiger partial charge in [-0.2, -0.15) is 0 Å². The molecule has 2 rings (SSSR count). The first-order valence-electron chi connectivity index (χ1n) is 6.18. The molecule has 1 aliphatic rings. The molecule has 1 aliphatic carbocycles. The van der Waals surface area contributed by atoms with Crippen LogP contribution in [0, 0.1) is 0 Å². The molecule has 2 unspecified atom stereocenters. The topological polar surface area (TPSA) is 21.3 Å². The van der Waals surface area contributed by atoms with Crippen molar-refractivity contribution in [1.29, 1.82) is 0 Å². The first kappa shape index (κ1) is 11.6. The zero-order valence-electron chi connectivity index (χ0n) is 10.2. The molecule has 1 aromatic rings. The molecule has 88 valence electrons. The lowest BCUT2D eigenvalue weighted by atomic mass is 10.1. The number of rotatable bonds is 5. The molecule has 2 atom stereocenters. The molecule has 0 heterocycles. The molecule has 0 aromatic heterocycles. The van der Waals surface area contributed by atoms with E-state index in [4.69, 9.17) is 4.74 Å². The monoisotopic (exact) mass is 219 g/mol. The van der Waals surface area contributed by atoms with Crippen molar-refractivity contribution in [3.05, 3.63) is 35.4 Å². The molecule has 0 amide bonds. The lowest BCUT2D eigenvalue weighted by Crippen LogP contribution is -2.34. The van der Waals surface area contributed by atoms with Gasteiger partial charge >= 0.3 is 0 Å². The summed E-state index contributed by atoms with van der Waals surface area (Å²) >= 11 is 0. The van der Waals surface area contributed by atoms with Crippen LogP contribution in [-0.4, -0.2) is 19.8 Å². The first-order valence-corrected chi connectivity index (χ1v) is 6.18. The van der Waals surface area contributed by atoms with E-state index in [9.17, 15) is 0 Å². The van der Waals surface area contributed by atoms with Gasteiger partial charge < -0.3 is 10.1 Å². The Labute approximate surface area is 98.0 Å². The molecule has 0 fully saturated rings. The molecule has 0 bridgehead atoms. The van der Waals surface area contributed by atoms with Gasteiger partial charge in [0.2, 0.25) is 0 Å². The summed E-state index contributed by atoms with van der Waals surface area (Å²) < 4.78 is 5.23. The zero-order valence-corrected chi connectivity index (χ0v) is 10.2. The van der Waals surface area contributed by atoms with E-state index >= 15 is 0 Å². The molecule has 0 saturated heterocycles. The molecular formula is C14H21NO. The highest BCUT2D eigenvalue weighted by Gasteiger charge is 2.23. The molecule has 1 aromatic carbocycles. The van der Waals surface area contributed by atoms with Crippen LogP contribution in [0.4, 0.5) is 0 Å². The summed E-state index contributed by atoms with van der Waals surface area (Å²) in [5.41, 5.74) is 2.99. The molecule has 16 heavy (non-hydrogen) atoms. The standard InChI is InChI=1S/C14H21NO/c1-3-12(10-16-2)15-14-9-8-11-6-4-5-7-13(11)14/h4-7,12,14-15H,3,8-10H2,1-2H3. The first-order chi connectivity index (χ1) is 7.85. The van der Waals surface area contributed by atoms with Crippen LogP contribution in [0.2, 0.25) is 0 Å². The number of hydrogen-bond donors (Lipinski definition) is 1. The van der Waals surface area contributed by atoms with E-state index in [1.807, 2.05) is 0 Å². The van der Waals surface area contributed by atoms with Crippen LogP contribution in [0.5, 0.6) is 0 Å². The lowest BCUT2D eigenvalue weighted by Gasteiger charge is -2.22. The smallest absolute Gasteiger partial charge is 0.0615 e. The summed E-state index contributed by atoms with van der Waals surface area (Å²) in [6.07, 6.45) is 3.54. The van der Waals surface area contributed by atoms with Gasteiger partial charge in [0, 0.05) is 19.2 Å². The van der Waals surface area contributed by atoms with Crippen LogP contribution in [0.15, 0.2) is 24.3 Å². The van der Waals surface area contributed by atoms with E-state index in [-0.39, 0.29) is 0 Å². The van der Waals surface area contributed by atoms with E-state index in [0.29, 0.717) is 12.1 Å². The maximum atomic E-state index is 5.23. The van der Waals surface area contributed by atoms with Crippen molar-refractivity contribution in [3.8, 4) is 0 Å². The highest BCUT2D eigenvalue weighted by atomic mass is 16.5. The molecule has 0 aliphatic heterocycles. The van der Waals surface area contributed by atoms with Gasteiger partial charge in [0.15, 0.2) is 0 Å². The third-order valence-electron chi connectivity index (χ3n) is 3.43. The van der Waals surface area contributed by atoms with Gasteiger partial charge in [-0.15, -0.1) is 0 Å². The van der Waals surface area contributed by atoms with Gasteiger partial charge in [0.05, 0.1) is 6.61 Å². The molecule has 1 N–H and O–H groups in total. The number of aryl methyl sites for hydroxylation is 1. The second-order valence-corrected chi connectivity index (χ2v) is 4.52. The summed E-state index contributed by atoms with van der Waals surface area (Å²) in [5, 5.41) is 3.70.